The standard InChI is InChI=1S/C29H34N4O3/c1-31-25-13-8-16-33(28(34)23-10-7-9-22(19-23)20-32-17-15-30-21-32)26(25)12-3-2-6-18-36-27-14-5-4-11-24(27)29(31)35/h4-5,7,9-11,14-15,17,19,21,25-26H,2-3,6,8,12-13,16,18,20H2,1H3/t25-,26-/m0/s1. The lowest BCUT2D eigenvalue weighted by atomic mass is 9.89. The lowest BCUT2D eigenvalue weighted by Gasteiger charge is -2.45. The van der Waals surface area contributed by atoms with E-state index in [9.17, 15) is 9.59 Å². The van der Waals surface area contributed by atoms with Crippen LogP contribution in [0.25, 0.3) is 0 Å². The van der Waals surface area contributed by atoms with E-state index in [2.05, 4.69) is 4.98 Å². The molecule has 2 atom stereocenters. The first-order chi connectivity index (χ1) is 17.6. The van der Waals surface area contributed by atoms with Gasteiger partial charge in [-0.25, -0.2) is 4.98 Å². The molecule has 1 aromatic heterocycles. The van der Waals surface area contributed by atoms with E-state index < -0.39 is 0 Å². The van der Waals surface area contributed by atoms with Crippen LogP contribution in [-0.4, -0.2) is 63.4 Å². The minimum absolute atomic E-state index is 0.00925. The smallest absolute Gasteiger partial charge is 0.257 e. The lowest BCUT2D eigenvalue weighted by Crippen LogP contribution is -2.57. The molecule has 3 heterocycles. The summed E-state index contributed by atoms with van der Waals surface area (Å²) in [5, 5.41) is 0. The van der Waals surface area contributed by atoms with Crippen LogP contribution in [0.15, 0.2) is 67.3 Å². The van der Waals surface area contributed by atoms with Crippen molar-refractivity contribution in [3.63, 3.8) is 0 Å². The van der Waals surface area contributed by atoms with Crippen LogP contribution >= 0.6 is 0 Å². The zero-order valence-corrected chi connectivity index (χ0v) is 20.9. The quantitative estimate of drug-likeness (QED) is 0.541. The van der Waals surface area contributed by atoms with Gasteiger partial charge in [0, 0.05) is 38.1 Å². The molecule has 2 aliphatic heterocycles. The number of likely N-dealkylation sites (tertiary alicyclic amines) is 1. The average molecular weight is 487 g/mol. The fourth-order valence-corrected chi connectivity index (χ4v) is 5.57. The molecular formula is C29H34N4O3. The number of hydrogen-bond donors (Lipinski definition) is 0. The molecule has 0 aliphatic carbocycles. The highest BCUT2D eigenvalue weighted by atomic mass is 16.5. The first-order valence-electron chi connectivity index (χ1n) is 13.0. The maximum Gasteiger partial charge on any atom is 0.257 e. The van der Waals surface area contributed by atoms with E-state index >= 15 is 0 Å². The molecule has 0 bridgehead atoms. The molecule has 0 saturated carbocycles. The van der Waals surface area contributed by atoms with Gasteiger partial charge in [-0.2, -0.15) is 0 Å². The number of amides is 2. The number of para-hydroxylation sites is 1. The van der Waals surface area contributed by atoms with Gasteiger partial charge in [-0.3, -0.25) is 9.59 Å². The van der Waals surface area contributed by atoms with Crippen LogP contribution in [-0.2, 0) is 6.54 Å². The van der Waals surface area contributed by atoms with E-state index in [-0.39, 0.29) is 23.9 Å². The Bertz CT molecular complexity index is 1190. The van der Waals surface area contributed by atoms with Crippen LogP contribution in [0.4, 0.5) is 0 Å². The van der Waals surface area contributed by atoms with Crippen LogP contribution in [0.2, 0.25) is 0 Å². The molecule has 1 fully saturated rings. The highest BCUT2D eigenvalue weighted by molar-refractivity contribution is 5.97. The molecule has 0 spiro atoms. The number of hydrogen-bond acceptors (Lipinski definition) is 4. The predicted molar refractivity (Wildman–Crippen MR) is 138 cm³/mol. The zero-order valence-electron chi connectivity index (χ0n) is 20.9. The van der Waals surface area contributed by atoms with Crippen LogP contribution < -0.4 is 4.74 Å². The maximum atomic E-state index is 13.9. The predicted octanol–water partition coefficient (Wildman–Crippen LogP) is 4.63. The number of imidazole rings is 1. The number of benzene rings is 2. The molecular weight excluding hydrogens is 452 g/mol. The molecule has 2 amide bonds. The van der Waals surface area contributed by atoms with Gasteiger partial charge in [0.1, 0.15) is 5.75 Å². The van der Waals surface area contributed by atoms with Crippen molar-refractivity contribution in [3.05, 3.63) is 83.9 Å². The highest BCUT2D eigenvalue weighted by Crippen LogP contribution is 2.30. The average Bonchev–Trinajstić information content (AvgIpc) is 3.42. The van der Waals surface area contributed by atoms with E-state index in [4.69, 9.17) is 4.74 Å². The summed E-state index contributed by atoms with van der Waals surface area (Å²) in [4.78, 5) is 35.4. The zero-order chi connectivity index (χ0) is 24.9. The lowest BCUT2D eigenvalue weighted by molar-refractivity contribution is 0.0288. The van der Waals surface area contributed by atoms with Gasteiger partial charge in [0.25, 0.3) is 11.8 Å². The highest BCUT2D eigenvalue weighted by Gasteiger charge is 2.38. The van der Waals surface area contributed by atoms with Crippen LogP contribution in [0.3, 0.4) is 0 Å². The molecule has 1 saturated heterocycles. The number of likely N-dealkylation sites (N-methyl/N-ethyl adjacent to an activating group) is 1. The van der Waals surface area contributed by atoms with Gasteiger partial charge < -0.3 is 19.1 Å². The van der Waals surface area contributed by atoms with Gasteiger partial charge in [-0.15, -0.1) is 0 Å². The second-order valence-electron chi connectivity index (χ2n) is 9.82. The van der Waals surface area contributed by atoms with Crippen molar-refractivity contribution < 1.29 is 14.3 Å². The molecule has 0 radical (unpaired) electrons. The SMILES string of the molecule is CN1C(=O)c2ccccc2OCCCCC[C@H]2[C@@H]1CCCN2C(=O)c1cccc(Cn2ccnc2)c1. The van der Waals surface area contributed by atoms with E-state index in [1.165, 1.54) is 0 Å². The summed E-state index contributed by atoms with van der Waals surface area (Å²) >= 11 is 0. The van der Waals surface area contributed by atoms with Crippen molar-refractivity contribution in [2.75, 3.05) is 20.2 Å². The summed E-state index contributed by atoms with van der Waals surface area (Å²) < 4.78 is 7.96. The maximum absolute atomic E-state index is 13.9. The van der Waals surface area contributed by atoms with Crippen molar-refractivity contribution in [1.82, 2.24) is 19.4 Å². The molecule has 36 heavy (non-hydrogen) atoms. The van der Waals surface area contributed by atoms with E-state index in [1.54, 1.807) is 12.5 Å². The van der Waals surface area contributed by atoms with Crippen molar-refractivity contribution in [2.24, 2.45) is 0 Å². The van der Waals surface area contributed by atoms with Crippen LogP contribution in [0.1, 0.15) is 64.8 Å². The third kappa shape index (κ3) is 5.15. The topological polar surface area (TPSA) is 67.7 Å². The summed E-state index contributed by atoms with van der Waals surface area (Å²) in [6, 6.07) is 15.3. The second-order valence-corrected chi connectivity index (χ2v) is 9.82. The molecule has 2 aliphatic rings. The van der Waals surface area contributed by atoms with Gasteiger partial charge in [0.05, 0.1) is 30.6 Å². The fraction of sp³-hybridized carbons (Fsp3) is 0.414. The second kappa shape index (κ2) is 11.0. The monoisotopic (exact) mass is 486 g/mol. The molecule has 7 heteroatoms. The molecule has 0 N–H and O–H groups in total. The molecule has 7 nitrogen and oxygen atoms in total. The van der Waals surface area contributed by atoms with Crippen molar-refractivity contribution in [2.45, 2.75) is 57.2 Å². The van der Waals surface area contributed by atoms with Gasteiger partial charge in [-0.1, -0.05) is 30.7 Å². The molecule has 2 aromatic carbocycles. The number of carbonyl (C=O) groups excluding carboxylic acids is 2. The molecule has 3 aromatic rings. The molecule has 5 rings (SSSR count). The Hall–Kier alpha value is -3.61. The summed E-state index contributed by atoms with van der Waals surface area (Å²) in [7, 11) is 1.88. The Morgan fingerprint density at radius 1 is 1.03 bits per heavy atom. The Labute approximate surface area is 212 Å². The van der Waals surface area contributed by atoms with Crippen LogP contribution in [0.5, 0.6) is 5.75 Å². The minimum atomic E-state index is -0.0437. The van der Waals surface area contributed by atoms with E-state index in [0.717, 1.165) is 44.1 Å². The van der Waals surface area contributed by atoms with Crippen LogP contribution in [0, 0.1) is 0 Å². The normalized spacial score (nSPS) is 21.0. The minimum Gasteiger partial charge on any atom is -0.493 e. The third-order valence-electron chi connectivity index (χ3n) is 7.44. The van der Waals surface area contributed by atoms with Gasteiger partial charge in [0.2, 0.25) is 0 Å². The number of carbonyl (C=O) groups is 2. The largest absolute Gasteiger partial charge is 0.493 e. The Morgan fingerprint density at radius 3 is 2.75 bits per heavy atom. The Balaban J connectivity index is 1.41. The third-order valence-corrected chi connectivity index (χ3v) is 7.44. The Kier molecular flexibility index (Phi) is 7.35. The summed E-state index contributed by atoms with van der Waals surface area (Å²) in [5.41, 5.74) is 2.36. The van der Waals surface area contributed by atoms with Crippen molar-refractivity contribution in [1.29, 1.82) is 0 Å². The molecule has 0 unspecified atom stereocenters. The number of nitrogens with zero attached hydrogens (tertiary/aromatic N) is 4. The first kappa shape index (κ1) is 24.1. The Morgan fingerprint density at radius 2 is 1.89 bits per heavy atom. The van der Waals surface area contributed by atoms with Crippen molar-refractivity contribution >= 4 is 11.8 Å². The van der Waals surface area contributed by atoms with Gasteiger partial charge >= 0.3 is 0 Å². The van der Waals surface area contributed by atoms with Gasteiger partial charge in [-0.05, 0) is 61.9 Å². The summed E-state index contributed by atoms with van der Waals surface area (Å²) in [6.07, 6.45) is 11.1. The fourth-order valence-electron chi connectivity index (χ4n) is 5.57. The van der Waals surface area contributed by atoms with Crippen molar-refractivity contribution in [3.8, 4) is 5.75 Å². The van der Waals surface area contributed by atoms with E-state index in [1.807, 2.05) is 76.1 Å². The molecule has 188 valence electrons. The number of piperidine rings is 1. The van der Waals surface area contributed by atoms with E-state index in [0.29, 0.717) is 36.6 Å². The number of aromatic nitrogens is 2. The van der Waals surface area contributed by atoms with Gasteiger partial charge in [0.15, 0.2) is 0 Å². The number of rotatable bonds is 3. The first-order valence-corrected chi connectivity index (χ1v) is 13.0. The number of fused-ring (bicyclic) bond motifs is 2. The summed E-state index contributed by atoms with van der Waals surface area (Å²) in [6.45, 7) is 1.98. The summed E-state index contributed by atoms with van der Waals surface area (Å²) in [5.74, 6) is 0.650. The number of ether oxygens (including phenoxy) is 1.